The first-order valence-electron chi connectivity index (χ1n) is 4.78. The van der Waals surface area contributed by atoms with Crippen molar-refractivity contribution in [2.75, 3.05) is 13.7 Å². The fourth-order valence-corrected chi connectivity index (χ4v) is 1.51. The molecule has 4 nitrogen and oxygen atoms in total. The van der Waals surface area contributed by atoms with Crippen molar-refractivity contribution >= 4 is 5.97 Å². The predicted molar refractivity (Wildman–Crippen MR) is 57.1 cm³/mol. The minimum absolute atomic E-state index is 0.0437. The number of aliphatic carboxylic acids is 1. The van der Waals surface area contributed by atoms with Gasteiger partial charge >= 0.3 is 5.97 Å². The molecule has 1 atom stereocenters. The Hall–Kier alpha value is -1.62. The highest BCUT2D eigenvalue weighted by atomic mass is 19.1. The van der Waals surface area contributed by atoms with E-state index in [1.165, 1.54) is 19.2 Å². The van der Waals surface area contributed by atoms with E-state index in [2.05, 4.69) is 0 Å². The minimum Gasteiger partial charge on any atom is -0.493 e. The summed E-state index contributed by atoms with van der Waals surface area (Å²) in [6.45, 7) is 1.48. The second-order valence-corrected chi connectivity index (χ2v) is 3.45. The number of benzene rings is 1. The standard InChI is InChI=1S/C11H14FNO3/c1-6-3-4-7(8(5-13)11(14)15)10(16-2)9(6)12/h3-4,8H,5,13H2,1-2H3,(H,14,15). The molecule has 0 saturated carbocycles. The second kappa shape index (κ2) is 4.94. The molecule has 0 fully saturated rings. The van der Waals surface area contributed by atoms with E-state index in [1.807, 2.05) is 0 Å². The third kappa shape index (κ3) is 2.14. The largest absolute Gasteiger partial charge is 0.493 e. The monoisotopic (exact) mass is 227 g/mol. The van der Waals surface area contributed by atoms with Crippen molar-refractivity contribution in [2.45, 2.75) is 12.8 Å². The topological polar surface area (TPSA) is 72.5 Å². The quantitative estimate of drug-likeness (QED) is 0.812. The summed E-state index contributed by atoms with van der Waals surface area (Å²) in [6.07, 6.45) is 0. The number of halogens is 1. The molecule has 1 unspecified atom stereocenters. The van der Waals surface area contributed by atoms with Gasteiger partial charge < -0.3 is 15.6 Å². The van der Waals surface area contributed by atoms with E-state index < -0.39 is 17.7 Å². The minimum atomic E-state index is -1.09. The Morgan fingerprint density at radius 2 is 2.25 bits per heavy atom. The van der Waals surface area contributed by atoms with Crippen LogP contribution in [-0.2, 0) is 4.79 Å². The predicted octanol–water partition coefficient (Wildman–Crippen LogP) is 1.27. The van der Waals surface area contributed by atoms with Gasteiger partial charge in [0.05, 0.1) is 13.0 Å². The Labute approximate surface area is 92.8 Å². The van der Waals surface area contributed by atoms with Crippen molar-refractivity contribution < 1.29 is 19.0 Å². The summed E-state index contributed by atoms with van der Waals surface area (Å²) >= 11 is 0. The summed E-state index contributed by atoms with van der Waals surface area (Å²) in [7, 11) is 1.30. The molecule has 0 bridgehead atoms. The van der Waals surface area contributed by atoms with Gasteiger partial charge in [0, 0.05) is 12.1 Å². The summed E-state index contributed by atoms with van der Waals surface area (Å²) in [5, 5.41) is 8.95. The molecular weight excluding hydrogens is 213 g/mol. The number of ether oxygens (including phenoxy) is 1. The van der Waals surface area contributed by atoms with Crippen LogP contribution in [0.4, 0.5) is 4.39 Å². The van der Waals surface area contributed by atoms with Gasteiger partial charge in [-0.2, -0.15) is 0 Å². The number of rotatable bonds is 4. The van der Waals surface area contributed by atoms with Gasteiger partial charge in [-0.3, -0.25) is 4.79 Å². The third-order valence-electron chi connectivity index (χ3n) is 2.43. The molecule has 0 amide bonds. The summed E-state index contributed by atoms with van der Waals surface area (Å²) < 4.78 is 18.6. The van der Waals surface area contributed by atoms with Crippen LogP contribution in [0.25, 0.3) is 0 Å². The molecule has 0 aliphatic carbocycles. The second-order valence-electron chi connectivity index (χ2n) is 3.45. The molecule has 0 aliphatic heterocycles. The average Bonchev–Trinajstić information content (AvgIpc) is 2.24. The molecule has 0 heterocycles. The molecule has 0 aliphatic rings. The zero-order valence-corrected chi connectivity index (χ0v) is 9.16. The zero-order valence-electron chi connectivity index (χ0n) is 9.16. The van der Waals surface area contributed by atoms with Crippen molar-refractivity contribution in [3.63, 3.8) is 0 Å². The van der Waals surface area contributed by atoms with Gasteiger partial charge in [0.15, 0.2) is 11.6 Å². The number of hydrogen-bond acceptors (Lipinski definition) is 3. The summed E-state index contributed by atoms with van der Waals surface area (Å²) in [6, 6.07) is 3.04. The summed E-state index contributed by atoms with van der Waals surface area (Å²) in [5.41, 5.74) is 6.03. The number of methoxy groups -OCH3 is 1. The Morgan fingerprint density at radius 3 is 2.69 bits per heavy atom. The Balaban J connectivity index is 3.32. The van der Waals surface area contributed by atoms with Gasteiger partial charge in [-0.05, 0) is 12.5 Å². The highest BCUT2D eigenvalue weighted by Crippen LogP contribution is 2.30. The number of carboxylic acids is 1. The number of aryl methyl sites for hydroxylation is 1. The molecule has 1 aromatic rings. The van der Waals surface area contributed by atoms with Crippen LogP contribution < -0.4 is 10.5 Å². The lowest BCUT2D eigenvalue weighted by Crippen LogP contribution is -2.22. The van der Waals surface area contributed by atoms with E-state index in [-0.39, 0.29) is 17.9 Å². The molecule has 16 heavy (non-hydrogen) atoms. The van der Waals surface area contributed by atoms with Crippen molar-refractivity contribution in [3.8, 4) is 5.75 Å². The SMILES string of the molecule is COc1c(C(CN)C(=O)O)ccc(C)c1F. The molecule has 0 radical (unpaired) electrons. The van der Waals surface area contributed by atoms with Crippen LogP contribution in [0.5, 0.6) is 5.75 Å². The molecule has 0 spiro atoms. The van der Waals surface area contributed by atoms with E-state index in [9.17, 15) is 9.18 Å². The maximum absolute atomic E-state index is 13.7. The highest BCUT2D eigenvalue weighted by molar-refractivity contribution is 5.77. The van der Waals surface area contributed by atoms with Gasteiger partial charge in [0.1, 0.15) is 0 Å². The smallest absolute Gasteiger partial charge is 0.312 e. The maximum atomic E-state index is 13.7. The van der Waals surface area contributed by atoms with Crippen LogP contribution in [0.15, 0.2) is 12.1 Å². The van der Waals surface area contributed by atoms with E-state index in [1.54, 1.807) is 6.92 Å². The number of hydrogen-bond donors (Lipinski definition) is 2. The van der Waals surface area contributed by atoms with Crippen LogP contribution in [0, 0.1) is 12.7 Å². The van der Waals surface area contributed by atoms with Gasteiger partial charge in [0.25, 0.3) is 0 Å². The van der Waals surface area contributed by atoms with Crippen molar-refractivity contribution in [3.05, 3.63) is 29.1 Å². The average molecular weight is 227 g/mol. The van der Waals surface area contributed by atoms with Crippen LogP contribution in [0.2, 0.25) is 0 Å². The van der Waals surface area contributed by atoms with Crippen LogP contribution in [0.3, 0.4) is 0 Å². The summed E-state index contributed by atoms with van der Waals surface area (Å²) in [5.74, 6) is -2.63. The van der Waals surface area contributed by atoms with Gasteiger partial charge in [-0.15, -0.1) is 0 Å². The van der Waals surface area contributed by atoms with E-state index in [4.69, 9.17) is 15.6 Å². The Bertz CT molecular complexity index is 406. The van der Waals surface area contributed by atoms with Gasteiger partial charge in [-0.25, -0.2) is 4.39 Å². The fourth-order valence-electron chi connectivity index (χ4n) is 1.51. The van der Waals surface area contributed by atoms with Crippen molar-refractivity contribution in [1.29, 1.82) is 0 Å². The number of carboxylic acid groups (broad SMARTS) is 1. The highest BCUT2D eigenvalue weighted by Gasteiger charge is 2.24. The lowest BCUT2D eigenvalue weighted by atomic mass is 9.97. The molecule has 1 aromatic carbocycles. The first-order chi connectivity index (χ1) is 7.52. The Kier molecular flexibility index (Phi) is 3.84. The number of nitrogens with two attached hydrogens (primary N) is 1. The molecule has 0 saturated heterocycles. The molecule has 3 N–H and O–H groups in total. The normalized spacial score (nSPS) is 12.2. The lowest BCUT2D eigenvalue weighted by molar-refractivity contribution is -0.138. The Morgan fingerprint density at radius 1 is 1.62 bits per heavy atom. The molecule has 0 aromatic heterocycles. The van der Waals surface area contributed by atoms with E-state index in [0.29, 0.717) is 5.56 Å². The molecule has 88 valence electrons. The van der Waals surface area contributed by atoms with Gasteiger partial charge in [0.2, 0.25) is 0 Å². The van der Waals surface area contributed by atoms with Crippen LogP contribution in [0.1, 0.15) is 17.0 Å². The van der Waals surface area contributed by atoms with Crippen LogP contribution >= 0.6 is 0 Å². The number of carbonyl (C=O) groups is 1. The van der Waals surface area contributed by atoms with Crippen molar-refractivity contribution in [2.24, 2.45) is 5.73 Å². The fraction of sp³-hybridized carbons (Fsp3) is 0.364. The zero-order chi connectivity index (χ0) is 12.3. The first-order valence-corrected chi connectivity index (χ1v) is 4.78. The lowest BCUT2D eigenvalue weighted by Gasteiger charge is -2.15. The maximum Gasteiger partial charge on any atom is 0.312 e. The molecule has 1 rings (SSSR count). The van der Waals surface area contributed by atoms with Crippen molar-refractivity contribution in [1.82, 2.24) is 0 Å². The van der Waals surface area contributed by atoms with E-state index >= 15 is 0 Å². The molecular formula is C11H14FNO3. The third-order valence-corrected chi connectivity index (χ3v) is 2.43. The first kappa shape index (κ1) is 12.4. The van der Waals surface area contributed by atoms with E-state index in [0.717, 1.165) is 0 Å². The van der Waals surface area contributed by atoms with Gasteiger partial charge in [-0.1, -0.05) is 12.1 Å². The molecule has 5 heteroatoms. The van der Waals surface area contributed by atoms with Crippen LogP contribution in [-0.4, -0.2) is 24.7 Å². The summed E-state index contributed by atoms with van der Waals surface area (Å²) in [4.78, 5) is 10.9.